The van der Waals surface area contributed by atoms with E-state index in [0.29, 0.717) is 22.3 Å². The molecule has 1 atom stereocenters. The molecular weight excluding hydrogens is 481 g/mol. The van der Waals surface area contributed by atoms with Crippen LogP contribution < -0.4 is 15.2 Å². The summed E-state index contributed by atoms with van der Waals surface area (Å²) in [5, 5.41) is 6.43. The van der Waals surface area contributed by atoms with Gasteiger partial charge < -0.3 is 5.32 Å². The van der Waals surface area contributed by atoms with Crippen molar-refractivity contribution >= 4 is 40.4 Å². The number of ketones is 1. The molecule has 170 valence electrons. The van der Waals surface area contributed by atoms with Gasteiger partial charge in [0.15, 0.2) is 6.54 Å². The van der Waals surface area contributed by atoms with Gasteiger partial charge in [0.1, 0.15) is 10.7 Å². The number of carbonyl (C=O) groups excluding carboxylic acids is 2. The van der Waals surface area contributed by atoms with Gasteiger partial charge in [-0.3, -0.25) is 9.59 Å². The predicted molar refractivity (Wildman–Crippen MR) is 111 cm³/mol. The second kappa shape index (κ2) is 8.94. The average molecular weight is 496 g/mol. The fourth-order valence-electron chi connectivity index (χ4n) is 3.13. The number of halogens is 4. The normalized spacial score (nSPS) is 13.9. The van der Waals surface area contributed by atoms with Crippen LogP contribution in [0.4, 0.5) is 19.0 Å². The smallest absolute Gasteiger partial charge is 0.306 e. The number of carbonyl (C=O) groups is 2. The lowest BCUT2D eigenvalue weighted by molar-refractivity contribution is -0.597. The zero-order valence-corrected chi connectivity index (χ0v) is 18.5. The van der Waals surface area contributed by atoms with Gasteiger partial charge in [-0.05, 0) is 12.1 Å². The monoisotopic (exact) mass is 495 g/mol. The predicted octanol–water partition coefficient (Wildman–Crippen LogP) is 2.92. The van der Waals surface area contributed by atoms with E-state index < -0.39 is 22.7 Å². The van der Waals surface area contributed by atoms with Crippen molar-refractivity contribution in [2.75, 3.05) is 11.9 Å². The van der Waals surface area contributed by atoms with Crippen molar-refractivity contribution in [2.24, 2.45) is 4.99 Å². The van der Waals surface area contributed by atoms with Crippen molar-refractivity contribution in [2.45, 2.75) is 25.4 Å². The van der Waals surface area contributed by atoms with Gasteiger partial charge in [0.05, 0.1) is 28.0 Å². The third-order valence-corrected chi connectivity index (χ3v) is 6.29. The number of alkyl halides is 3. The van der Waals surface area contributed by atoms with Gasteiger partial charge in [0, 0.05) is 24.6 Å². The van der Waals surface area contributed by atoms with Crippen LogP contribution >= 0.6 is 22.9 Å². The lowest BCUT2D eigenvalue weighted by Crippen LogP contribution is -2.42. The molecule has 1 amide bonds. The minimum Gasteiger partial charge on any atom is -0.306 e. The number of anilines is 1. The Labute approximate surface area is 193 Å². The van der Waals surface area contributed by atoms with Gasteiger partial charge in [-0.2, -0.15) is 13.2 Å². The molecule has 8 nitrogen and oxygen atoms in total. The lowest BCUT2D eigenvalue weighted by atomic mass is 10.0. The van der Waals surface area contributed by atoms with Gasteiger partial charge in [-0.1, -0.05) is 33.0 Å². The number of hydrogen-bond acceptors (Lipinski definition) is 7. The largest absolute Gasteiger partial charge is 0.418 e. The summed E-state index contributed by atoms with van der Waals surface area (Å²) in [6.07, 6.45) is -0.849. The second-order valence-electron chi connectivity index (χ2n) is 7.15. The van der Waals surface area contributed by atoms with E-state index in [4.69, 9.17) is 11.6 Å². The maximum Gasteiger partial charge on any atom is 0.418 e. The van der Waals surface area contributed by atoms with Crippen LogP contribution in [0.2, 0.25) is 5.02 Å². The van der Waals surface area contributed by atoms with Gasteiger partial charge in [0.2, 0.25) is 11.5 Å². The number of rotatable bonds is 6. The third-order valence-electron chi connectivity index (χ3n) is 4.76. The van der Waals surface area contributed by atoms with Crippen molar-refractivity contribution in [3.05, 3.63) is 68.5 Å². The van der Waals surface area contributed by atoms with Crippen molar-refractivity contribution in [3.63, 3.8) is 0 Å². The van der Waals surface area contributed by atoms with Crippen LogP contribution in [-0.2, 0) is 11.0 Å². The first-order chi connectivity index (χ1) is 15.6. The quantitative estimate of drug-likeness (QED) is 0.530. The van der Waals surface area contributed by atoms with Crippen LogP contribution in [0.25, 0.3) is 0 Å². The second-order valence-corrected chi connectivity index (χ2v) is 8.62. The Morgan fingerprint density at radius 2 is 2.09 bits per heavy atom. The fraction of sp³-hybridized carbons (Fsp3) is 0.250. The van der Waals surface area contributed by atoms with Crippen molar-refractivity contribution in [1.82, 2.24) is 15.1 Å². The number of pyridine rings is 1. The molecule has 0 unspecified atom stereocenters. The van der Waals surface area contributed by atoms with Crippen molar-refractivity contribution in [1.29, 1.82) is 0 Å². The first-order valence-electron chi connectivity index (χ1n) is 9.57. The third kappa shape index (κ3) is 4.91. The Kier molecular flexibility index (Phi) is 6.21. The van der Waals surface area contributed by atoms with Crippen molar-refractivity contribution < 1.29 is 27.1 Å². The minimum absolute atomic E-state index is 0.135. The Morgan fingerprint density at radius 1 is 1.30 bits per heavy atom. The molecule has 3 aromatic rings. The molecule has 0 saturated carbocycles. The number of fused-ring (bicyclic) bond motifs is 1. The maximum atomic E-state index is 13.0. The van der Waals surface area contributed by atoms with Crippen molar-refractivity contribution in [3.8, 4) is 0 Å². The minimum atomic E-state index is -4.68. The molecule has 3 aromatic heterocycles. The average Bonchev–Trinajstić information content (AvgIpc) is 3.42. The summed E-state index contributed by atoms with van der Waals surface area (Å²) >= 11 is 6.59. The molecule has 0 fully saturated rings. The molecule has 0 bridgehead atoms. The number of amides is 1. The number of aromatic nitrogens is 4. The summed E-state index contributed by atoms with van der Waals surface area (Å²) in [7, 11) is 0. The van der Waals surface area contributed by atoms with E-state index in [0.717, 1.165) is 17.5 Å². The molecule has 0 spiro atoms. The maximum absolute atomic E-state index is 13.0. The number of hydrogen-bond donors (Lipinski definition) is 1. The fourth-order valence-corrected chi connectivity index (χ4v) is 4.20. The van der Waals surface area contributed by atoms with E-state index in [-0.39, 0.29) is 35.4 Å². The molecule has 13 heteroatoms. The highest BCUT2D eigenvalue weighted by atomic mass is 35.5. The summed E-state index contributed by atoms with van der Waals surface area (Å²) in [6.45, 7) is 2.04. The highest BCUT2D eigenvalue weighted by molar-refractivity contribution is 7.13. The summed E-state index contributed by atoms with van der Waals surface area (Å²) in [5.41, 5.74) is -0.0378. The van der Waals surface area contributed by atoms with Crippen LogP contribution in [0.15, 0.2) is 41.8 Å². The molecule has 1 aliphatic rings. The highest BCUT2D eigenvalue weighted by Gasteiger charge is 2.34. The molecule has 4 heterocycles. The first-order valence-corrected chi connectivity index (χ1v) is 10.8. The number of Topliss-reactive ketones (excluding diaryl/α,β-unsaturated/α-hetero) is 1. The summed E-state index contributed by atoms with van der Waals surface area (Å²) < 4.78 is 40.5. The van der Waals surface area contributed by atoms with Crippen LogP contribution in [0.3, 0.4) is 0 Å². The van der Waals surface area contributed by atoms with Gasteiger partial charge in [-0.25, -0.2) is 9.97 Å². The van der Waals surface area contributed by atoms with E-state index in [1.165, 1.54) is 10.6 Å². The van der Waals surface area contributed by atoms with Gasteiger partial charge in [-0.15, -0.1) is 11.3 Å². The van der Waals surface area contributed by atoms with Gasteiger partial charge in [0.25, 0.3) is 5.91 Å². The molecular formula is C20H15ClF3N6O2S+. The Bertz CT molecular complexity index is 1370. The number of nitrogens with one attached hydrogen (secondary N) is 1. The van der Waals surface area contributed by atoms with Crippen LogP contribution in [-0.4, -0.2) is 33.3 Å². The molecule has 0 aromatic carbocycles. The van der Waals surface area contributed by atoms with Crippen LogP contribution in [0, 0.1) is 5.71 Å². The standard InChI is InChI=1S/C20H14ClF3N6O2S/c1-10(5-14(31)13-8-26-17-3-2-4-28-30(13)17)19-27-9-15(33-19)18(32)29-16-6-11(20(22,23)24)12(21)7-25-16/h2-4,6-7,9-10H,5,8H2,1H3/p+1/t10-/m0/s1. The Hall–Kier alpha value is -3.25. The van der Waals surface area contributed by atoms with Crippen LogP contribution in [0.5, 0.6) is 0 Å². The zero-order valence-electron chi connectivity index (χ0n) is 16.9. The van der Waals surface area contributed by atoms with Crippen LogP contribution in [0.1, 0.15) is 39.5 Å². The van der Waals surface area contributed by atoms with E-state index in [2.05, 4.69) is 25.4 Å². The summed E-state index contributed by atoms with van der Waals surface area (Å²) in [6, 6.07) is 4.16. The molecule has 1 aliphatic heterocycles. The highest BCUT2D eigenvalue weighted by Crippen LogP contribution is 2.35. The number of nitrogens with zero attached hydrogens (tertiary/aromatic N) is 5. The van der Waals surface area contributed by atoms with E-state index in [9.17, 15) is 22.8 Å². The van der Waals surface area contributed by atoms with E-state index >= 15 is 0 Å². The van der Waals surface area contributed by atoms with E-state index in [1.807, 2.05) is 0 Å². The Balaban J connectivity index is 1.45. The first kappa shape index (κ1) is 22.9. The zero-order chi connectivity index (χ0) is 23.8. The topological polar surface area (TPSA) is 103 Å². The molecule has 33 heavy (non-hydrogen) atoms. The molecule has 4 rings (SSSR count). The summed E-state index contributed by atoms with van der Waals surface area (Å²) in [5.74, 6) is -1.40. The van der Waals surface area contributed by atoms with E-state index in [1.54, 1.807) is 25.3 Å². The SMILES string of the molecule is C[C@@H](CC(=O)C1=[n+]2ncccc2=NC1)c1ncc(C(=O)Nc2cc(C(F)(F)F)c(Cl)cn2)s1. The lowest BCUT2D eigenvalue weighted by Gasteiger charge is -2.10. The van der Waals surface area contributed by atoms with Gasteiger partial charge >= 0.3 is 11.7 Å². The molecule has 1 N–H and O–H groups in total. The summed E-state index contributed by atoms with van der Waals surface area (Å²) in [4.78, 5) is 37.6. The molecule has 0 radical (unpaired) electrons. The molecule has 0 aliphatic carbocycles. The Morgan fingerprint density at radius 3 is 2.85 bits per heavy atom. The molecule has 0 saturated heterocycles. The number of thiazole rings is 1.